The molecule has 0 spiro atoms. The summed E-state index contributed by atoms with van der Waals surface area (Å²) in [5, 5.41) is 7.72. The minimum atomic E-state index is 0.749. The summed E-state index contributed by atoms with van der Waals surface area (Å²) in [4.78, 5) is 4.30. The molecule has 0 saturated heterocycles. The van der Waals surface area contributed by atoms with Gasteiger partial charge in [0, 0.05) is 17.7 Å². The molecule has 4 heteroatoms. The van der Waals surface area contributed by atoms with Gasteiger partial charge in [-0.3, -0.25) is 0 Å². The minimum absolute atomic E-state index is 0.749. The predicted octanol–water partition coefficient (Wildman–Crippen LogP) is 1.97. The van der Waals surface area contributed by atoms with Crippen molar-refractivity contribution in [3.05, 3.63) is 59.7 Å². The molecule has 2 aromatic rings. The molecule has 4 rings (SSSR count). The molecule has 0 radical (unpaired) electrons. The van der Waals surface area contributed by atoms with Gasteiger partial charge in [-0.15, -0.1) is 0 Å². The first-order chi connectivity index (χ1) is 9.93. The van der Waals surface area contributed by atoms with Gasteiger partial charge in [-0.25, -0.2) is 10.4 Å². The van der Waals surface area contributed by atoms with Gasteiger partial charge >= 0.3 is 0 Å². The fourth-order valence-electron chi connectivity index (χ4n) is 2.70. The molecule has 20 heavy (non-hydrogen) atoms. The minimum Gasteiger partial charge on any atom is -0.353 e. The second-order valence-electron chi connectivity index (χ2n) is 4.82. The average Bonchev–Trinajstić information content (AvgIpc) is 3.11. The standard InChI is InChI=1S/C16H14N4/c1-3-7-13-11(5-1)12-6-2-4-8-14(12)15(13)19-20-16-17-9-10-18-16/h1-8H,9-10H2,(H2,17,18,20). The van der Waals surface area contributed by atoms with E-state index < -0.39 is 0 Å². The SMILES string of the molecule is c1ccc2c(c1)C(=NNC1=NCCN1)c1ccccc1-2. The van der Waals surface area contributed by atoms with Gasteiger partial charge in [0.25, 0.3) is 0 Å². The van der Waals surface area contributed by atoms with Crippen molar-refractivity contribution in [1.82, 2.24) is 10.7 Å². The van der Waals surface area contributed by atoms with Gasteiger partial charge in [0.15, 0.2) is 0 Å². The van der Waals surface area contributed by atoms with Crippen LogP contribution in [0.4, 0.5) is 0 Å². The Kier molecular flexibility index (Phi) is 2.52. The molecule has 1 aliphatic heterocycles. The van der Waals surface area contributed by atoms with Gasteiger partial charge in [-0.2, -0.15) is 5.10 Å². The lowest BCUT2D eigenvalue weighted by atomic mass is 10.1. The number of aliphatic imine (C=N–C) groups is 1. The van der Waals surface area contributed by atoms with Crippen LogP contribution in [0.2, 0.25) is 0 Å². The van der Waals surface area contributed by atoms with E-state index >= 15 is 0 Å². The maximum atomic E-state index is 4.56. The Morgan fingerprint density at radius 2 is 1.50 bits per heavy atom. The monoisotopic (exact) mass is 262 g/mol. The first-order valence-electron chi connectivity index (χ1n) is 6.75. The van der Waals surface area contributed by atoms with E-state index in [1.165, 1.54) is 22.3 Å². The van der Waals surface area contributed by atoms with E-state index in [1.54, 1.807) is 0 Å². The van der Waals surface area contributed by atoms with E-state index in [-0.39, 0.29) is 0 Å². The Hall–Kier alpha value is -2.62. The number of rotatable bonds is 1. The van der Waals surface area contributed by atoms with Crippen molar-refractivity contribution in [2.24, 2.45) is 10.1 Å². The number of hydrogen-bond donors (Lipinski definition) is 2. The Morgan fingerprint density at radius 1 is 0.900 bits per heavy atom. The number of nitrogens with one attached hydrogen (secondary N) is 2. The molecule has 1 heterocycles. The number of benzene rings is 2. The van der Waals surface area contributed by atoms with Crippen molar-refractivity contribution >= 4 is 11.7 Å². The second kappa shape index (κ2) is 4.49. The van der Waals surface area contributed by atoms with Crippen molar-refractivity contribution in [2.45, 2.75) is 0 Å². The summed E-state index contributed by atoms with van der Waals surface area (Å²) in [7, 11) is 0. The van der Waals surface area contributed by atoms with Crippen LogP contribution >= 0.6 is 0 Å². The van der Waals surface area contributed by atoms with Gasteiger partial charge < -0.3 is 5.32 Å². The van der Waals surface area contributed by atoms with Crippen molar-refractivity contribution in [3.63, 3.8) is 0 Å². The molecule has 98 valence electrons. The van der Waals surface area contributed by atoms with Crippen LogP contribution < -0.4 is 10.7 Å². The highest BCUT2D eigenvalue weighted by Crippen LogP contribution is 2.36. The molecule has 1 aliphatic carbocycles. The van der Waals surface area contributed by atoms with Crippen LogP contribution in [0.25, 0.3) is 11.1 Å². The number of nitrogens with zero attached hydrogens (tertiary/aromatic N) is 2. The van der Waals surface area contributed by atoms with E-state index in [0.717, 1.165) is 24.8 Å². The smallest absolute Gasteiger partial charge is 0.212 e. The van der Waals surface area contributed by atoms with Crippen molar-refractivity contribution in [1.29, 1.82) is 0 Å². The molecule has 0 aromatic heterocycles. The highest BCUT2D eigenvalue weighted by atomic mass is 15.4. The first-order valence-corrected chi connectivity index (χ1v) is 6.75. The Labute approximate surface area is 117 Å². The van der Waals surface area contributed by atoms with Crippen LogP contribution in [0.15, 0.2) is 58.6 Å². The topological polar surface area (TPSA) is 48.8 Å². The van der Waals surface area contributed by atoms with Crippen LogP contribution in [0.3, 0.4) is 0 Å². The molecule has 0 fully saturated rings. The number of hydrazone groups is 1. The first kappa shape index (κ1) is 11.2. The van der Waals surface area contributed by atoms with Gasteiger partial charge in [0.1, 0.15) is 0 Å². The Balaban J connectivity index is 1.80. The molecule has 2 N–H and O–H groups in total. The maximum Gasteiger partial charge on any atom is 0.212 e. The maximum absolute atomic E-state index is 4.56. The van der Waals surface area contributed by atoms with Crippen LogP contribution in [-0.4, -0.2) is 24.8 Å². The van der Waals surface area contributed by atoms with Gasteiger partial charge in [-0.05, 0) is 11.1 Å². The normalized spacial score (nSPS) is 15.2. The van der Waals surface area contributed by atoms with Gasteiger partial charge in [0.05, 0.1) is 12.3 Å². The van der Waals surface area contributed by atoms with Gasteiger partial charge in [-0.1, -0.05) is 48.5 Å². The highest BCUT2D eigenvalue weighted by Gasteiger charge is 2.24. The summed E-state index contributed by atoms with van der Waals surface area (Å²) in [6, 6.07) is 16.7. The fraction of sp³-hybridized carbons (Fsp3) is 0.125. The molecule has 0 unspecified atom stereocenters. The summed E-state index contributed by atoms with van der Waals surface area (Å²) in [6.45, 7) is 1.68. The summed E-state index contributed by atoms with van der Waals surface area (Å²) >= 11 is 0. The zero-order valence-electron chi connectivity index (χ0n) is 10.9. The third kappa shape index (κ3) is 1.69. The van der Waals surface area contributed by atoms with E-state index in [4.69, 9.17) is 0 Å². The Bertz CT molecular complexity index is 683. The number of guanidine groups is 1. The molecule has 0 bridgehead atoms. The lowest BCUT2D eigenvalue weighted by Crippen LogP contribution is -2.31. The Morgan fingerprint density at radius 3 is 2.05 bits per heavy atom. The summed E-state index contributed by atoms with van der Waals surface area (Å²) in [5.41, 5.74) is 8.83. The van der Waals surface area contributed by atoms with E-state index in [1.807, 2.05) is 12.1 Å². The summed E-state index contributed by atoms with van der Waals surface area (Å²) in [6.07, 6.45) is 0. The highest BCUT2D eigenvalue weighted by molar-refractivity contribution is 6.24. The molecule has 0 amide bonds. The van der Waals surface area contributed by atoms with Crippen molar-refractivity contribution < 1.29 is 0 Å². The molecule has 2 aliphatic rings. The van der Waals surface area contributed by atoms with Gasteiger partial charge in [0.2, 0.25) is 5.96 Å². The zero-order chi connectivity index (χ0) is 13.4. The number of fused-ring (bicyclic) bond motifs is 3. The molecular weight excluding hydrogens is 248 g/mol. The largest absolute Gasteiger partial charge is 0.353 e. The lowest BCUT2D eigenvalue weighted by molar-refractivity contribution is 0.918. The fourth-order valence-corrected chi connectivity index (χ4v) is 2.70. The summed E-state index contributed by atoms with van der Waals surface area (Å²) < 4.78 is 0. The molecule has 2 aromatic carbocycles. The molecule has 0 atom stereocenters. The van der Waals surface area contributed by atoms with E-state index in [9.17, 15) is 0 Å². The average molecular weight is 262 g/mol. The van der Waals surface area contributed by atoms with Crippen molar-refractivity contribution in [3.8, 4) is 11.1 Å². The summed E-state index contributed by atoms with van der Waals surface area (Å²) in [5.74, 6) is 0.749. The van der Waals surface area contributed by atoms with Crippen molar-refractivity contribution in [2.75, 3.05) is 13.1 Å². The van der Waals surface area contributed by atoms with Crippen LogP contribution in [0, 0.1) is 0 Å². The van der Waals surface area contributed by atoms with Crippen LogP contribution in [0.5, 0.6) is 0 Å². The van der Waals surface area contributed by atoms with Crippen LogP contribution in [0.1, 0.15) is 11.1 Å². The lowest BCUT2D eigenvalue weighted by Gasteiger charge is -2.04. The second-order valence-corrected chi connectivity index (χ2v) is 4.82. The zero-order valence-corrected chi connectivity index (χ0v) is 10.9. The molecular formula is C16H14N4. The molecule has 0 saturated carbocycles. The molecule has 4 nitrogen and oxygen atoms in total. The number of hydrogen-bond acceptors (Lipinski definition) is 4. The quantitative estimate of drug-likeness (QED) is 0.659. The van der Waals surface area contributed by atoms with E-state index in [2.05, 4.69) is 57.2 Å². The third-order valence-electron chi connectivity index (χ3n) is 3.60. The van der Waals surface area contributed by atoms with E-state index in [0.29, 0.717) is 0 Å². The van der Waals surface area contributed by atoms with Crippen LogP contribution in [-0.2, 0) is 0 Å². The predicted molar refractivity (Wildman–Crippen MR) is 81.0 cm³/mol. The third-order valence-corrected chi connectivity index (χ3v) is 3.60.